The molecule has 1 rings (SSSR count). The van der Waals surface area contributed by atoms with Crippen LogP contribution in [0.1, 0.15) is 39.4 Å². The molecule has 0 aliphatic carbocycles. The van der Waals surface area contributed by atoms with E-state index in [1.165, 1.54) is 0 Å². The highest BCUT2D eigenvalue weighted by Gasteiger charge is 2.00. The van der Waals surface area contributed by atoms with E-state index in [1.807, 2.05) is 12.1 Å². The van der Waals surface area contributed by atoms with Crippen molar-refractivity contribution in [2.24, 2.45) is 10.9 Å². The Hall–Kier alpha value is -0.760. The average molecular weight is 437 g/mol. The summed E-state index contributed by atoms with van der Waals surface area (Å²) in [7, 11) is 0. The van der Waals surface area contributed by atoms with Gasteiger partial charge >= 0.3 is 0 Å². The maximum absolute atomic E-state index is 5.58. The standard InChI is InChI=1S/C17H31N3O2.HI/c1-4-9-18-17(19-10-6-12-21-14-15(2)3)20-11-8-16-7-5-13-22-16;/h5,7,13,15H,4,6,8-12,14H2,1-3H3,(H2,18,19,20);1H. The van der Waals surface area contributed by atoms with Crippen molar-refractivity contribution in [1.82, 2.24) is 10.6 Å². The van der Waals surface area contributed by atoms with Crippen molar-refractivity contribution in [2.75, 3.05) is 32.8 Å². The smallest absolute Gasteiger partial charge is 0.191 e. The summed E-state index contributed by atoms with van der Waals surface area (Å²) >= 11 is 0. The number of nitrogens with zero attached hydrogens (tertiary/aromatic N) is 1. The maximum Gasteiger partial charge on any atom is 0.191 e. The number of hydrogen-bond acceptors (Lipinski definition) is 3. The second kappa shape index (κ2) is 14.8. The highest BCUT2D eigenvalue weighted by molar-refractivity contribution is 14.0. The molecule has 0 aliphatic heterocycles. The van der Waals surface area contributed by atoms with Crippen molar-refractivity contribution in [3.8, 4) is 0 Å². The van der Waals surface area contributed by atoms with Crippen molar-refractivity contribution in [3.05, 3.63) is 24.2 Å². The molecule has 0 saturated heterocycles. The molecule has 5 nitrogen and oxygen atoms in total. The first-order valence-corrected chi connectivity index (χ1v) is 8.34. The van der Waals surface area contributed by atoms with Crippen LogP contribution in [0.25, 0.3) is 0 Å². The Labute approximate surface area is 157 Å². The molecule has 0 spiro atoms. The summed E-state index contributed by atoms with van der Waals surface area (Å²) < 4.78 is 10.9. The Balaban J connectivity index is 0.00000484. The Kier molecular flexibility index (Phi) is 14.3. The second-order valence-electron chi connectivity index (χ2n) is 5.74. The minimum Gasteiger partial charge on any atom is -0.469 e. The van der Waals surface area contributed by atoms with Gasteiger partial charge in [0, 0.05) is 39.3 Å². The summed E-state index contributed by atoms with van der Waals surface area (Å²) in [6.45, 7) is 10.6. The quantitative estimate of drug-likeness (QED) is 0.241. The van der Waals surface area contributed by atoms with Gasteiger partial charge in [-0.15, -0.1) is 24.0 Å². The Morgan fingerprint density at radius 1 is 1.30 bits per heavy atom. The van der Waals surface area contributed by atoms with E-state index >= 15 is 0 Å². The molecular weight excluding hydrogens is 405 g/mol. The van der Waals surface area contributed by atoms with Gasteiger partial charge in [0.15, 0.2) is 5.96 Å². The van der Waals surface area contributed by atoms with Crippen molar-refractivity contribution < 1.29 is 9.15 Å². The number of hydrogen-bond donors (Lipinski definition) is 2. The monoisotopic (exact) mass is 437 g/mol. The van der Waals surface area contributed by atoms with Crippen LogP contribution in [-0.4, -0.2) is 38.8 Å². The van der Waals surface area contributed by atoms with E-state index in [0.717, 1.165) is 63.8 Å². The highest BCUT2D eigenvalue weighted by atomic mass is 127. The molecule has 134 valence electrons. The zero-order valence-corrected chi connectivity index (χ0v) is 17.0. The fourth-order valence-electron chi connectivity index (χ4n) is 1.86. The van der Waals surface area contributed by atoms with Crippen LogP contribution < -0.4 is 10.6 Å². The van der Waals surface area contributed by atoms with Gasteiger partial charge in [0.05, 0.1) is 6.26 Å². The normalized spacial score (nSPS) is 11.4. The van der Waals surface area contributed by atoms with Crippen molar-refractivity contribution >= 4 is 29.9 Å². The Morgan fingerprint density at radius 2 is 2.09 bits per heavy atom. The van der Waals surface area contributed by atoms with E-state index in [-0.39, 0.29) is 24.0 Å². The average Bonchev–Trinajstić information content (AvgIpc) is 3.00. The molecule has 1 heterocycles. The lowest BCUT2D eigenvalue weighted by Crippen LogP contribution is -2.39. The fraction of sp³-hybridized carbons (Fsp3) is 0.706. The van der Waals surface area contributed by atoms with Crippen LogP contribution in [-0.2, 0) is 11.2 Å². The third-order valence-electron chi connectivity index (χ3n) is 2.95. The fourth-order valence-corrected chi connectivity index (χ4v) is 1.86. The Morgan fingerprint density at radius 3 is 2.74 bits per heavy atom. The van der Waals surface area contributed by atoms with Gasteiger partial charge in [0.2, 0.25) is 0 Å². The number of ether oxygens (including phenoxy) is 1. The van der Waals surface area contributed by atoms with Crippen LogP contribution in [0.5, 0.6) is 0 Å². The van der Waals surface area contributed by atoms with Crippen LogP contribution >= 0.6 is 24.0 Å². The summed E-state index contributed by atoms with van der Waals surface area (Å²) in [6, 6.07) is 3.90. The first-order valence-electron chi connectivity index (χ1n) is 8.34. The number of nitrogens with one attached hydrogen (secondary N) is 2. The molecule has 0 aliphatic rings. The van der Waals surface area contributed by atoms with E-state index in [1.54, 1.807) is 6.26 Å². The summed E-state index contributed by atoms with van der Waals surface area (Å²) in [4.78, 5) is 4.53. The van der Waals surface area contributed by atoms with E-state index < -0.39 is 0 Å². The van der Waals surface area contributed by atoms with E-state index in [4.69, 9.17) is 9.15 Å². The molecule has 0 amide bonds. The molecule has 0 aromatic carbocycles. The van der Waals surface area contributed by atoms with Gasteiger partial charge in [-0.2, -0.15) is 0 Å². The Bertz CT molecular complexity index is 395. The van der Waals surface area contributed by atoms with Gasteiger partial charge in [-0.25, -0.2) is 0 Å². The molecule has 0 unspecified atom stereocenters. The molecule has 23 heavy (non-hydrogen) atoms. The maximum atomic E-state index is 5.58. The molecular formula is C17H32IN3O2. The number of guanidine groups is 1. The van der Waals surface area contributed by atoms with Gasteiger partial charge < -0.3 is 19.8 Å². The van der Waals surface area contributed by atoms with Gasteiger partial charge in [0.25, 0.3) is 0 Å². The lowest BCUT2D eigenvalue weighted by Gasteiger charge is -2.12. The van der Waals surface area contributed by atoms with Gasteiger partial charge in [-0.05, 0) is 30.9 Å². The summed E-state index contributed by atoms with van der Waals surface area (Å²) in [5.74, 6) is 2.46. The largest absolute Gasteiger partial charge is 0.469 e. The third kappa shape index (κ3) is 12.3. The van der Waals surface area contributed by atoms with Crippen LogP contribution in [0, 0.1) is 5.92 Å². The topological polar surface area (TPSA) is 58.8 Å². The molecule has 0 bridgehead atoms. The number of halogens is 1. The van der Waals surface area contributed by atoms with Crippen LogP contribution in [0.4, 0.5) is 0 Å². The predicted molar refractivity (Wildman–Crippen MR) is 107 cm³/mol. The van der Waals surface area contributed by atoms with Crippen LogP contribution in [0.3, 0.4) is 0 Å². The van der Waals surface area contributed by atoms with Crippen molar-refractivity contribution in [1.29, 1.82) is 0 Å². The highest BCUT2D eigenvalue weighted by Crippen LogP contribution is 1.99. The second-order valence-corrected chi connectivity index (χ2v) is 5.74. The van der Waals surface area contributed by atoms with Gasteiger partial charge in [-0.1, -0.05) is 20.8 Å². The van der Waals surface area contributed by atoms with Gasteiger partial charge in [-0.3, -0.25) is 4.99 Å². The number of furan rings is 1. The molecule has 0 radical (unpaired) electrons. The minimum absolute atomic E-state index is 0. The number of rotatable bonds is 11. The first-order chi connectivity index (χ1) is 10.7. The molecule has 1 aromatic rings. The third-order valence-corrected chi connectivity index (χ3v) is 2.95. The van der Waals surface area contributed by atoms with Crippen LogP contribution in [0.2, 0.25) is 0 Å². The molecule has 0 fully saturated rings. The van der Waals surface area contributed by atoms with E-state index in [0.29, 0.717) is 5.92 Å². The first kappa shape index (κ1) is 22.2. The zero-order chi connectivity index (χ0) is 16.0. The lowest BCUT2D eigenvalue weighted by atomic mass is 10.2. The predicted octanol–water partition coefficient (Wildman–Crippen LogP) is 3.45. The summed E-state index contributed by atoms with van der Waals surface area (Å²) in [6.07, 6.45) is 4.59. The van der Waals surface area contributed by atoms with E-state index in [2.05, 4.69) is 36.4 Å². The SMILES string of the molecule is CCCN=C(NCCCOCC(C)C)NCCc1ccco1.I. The molecule has 2 N–H and O–H groups in total. The molecule has 6 heteroatoms. The number of aliphatic imine (C=N–C) groups is 1. The molecule has 1 aromatic heterocycles. The zero-order valence-electron chi connectivity index (χ0n) is 14.6. The van der Waals surface area contributed by atoms with E-state index in [9.17, 15) is 0 Å². The van der Waals surface area contributed by atoms with Gasteiger partial charge in [0.1, 0.15) is 5.76 Å². The molecule has 0 atom stereocenters. The van der Waals surface area contributed by atoms with Crippen molar-refractivity contribution in [2.45, 2.75) is 40.0 Å². The van der Waals surface area contributed by atoms with Crippen molar-refractivity contribution in [3.63, 3.8) is 0 Å². The summed E-state index contributed by atoms with van der Waals surface area (Å²) in [5.41, 5.74) is 0. The minimum atomic E-state index is 0. The lowest BCUT2D eigenvalue weighted by molar-refractivity contribution is 0.108. The van der Waals surface area contributed by atoms with Crippen LogP contribution in [0.15, 0.2) is 27.8 Å². The summed E-state index contributed by atoms with van der Waals surface area (Å²) in [5, 5.41) is 6.69. The molecule has 0 saturated carbocycles.